The van der Waals surface area contributed by atoms with Gasteiger partial charge in [-0.2, -0.15) is 15.5 Å². The molecule has 14 nitrogen and oxygen atoms in total. The molecule has 57 heavy (non-hydrogen) atoms. The largest absolute Gasteiger partial charge is 0.382 e. The van der Waals surface area contributed by atoms with Crippen molar-refractivity contribution < 1.29 is 24.1 Å². The predicted molar refractivity (Wildman–Crippen MR) is 218 cm³/mol. The average Bonchev–Trinajstić information content (AvgIpc) is 3.97. The fourth-order valence-electron chi connectivity index (χ4n) is 7.92. The number of benzene rings is 2. The van der Waals surface area contributed by atoms with E-state index in [4.69, 9.17) is 30.4 Å². The Morgan fingerprint density at radius 1 is 0.702 bits per heavy atom. The number of fused-ring (bicyclic) bond motifs is 2. The second-order valence-corrected chi connectivity index (χ2v) is 14.1. The summed E-state index contributed by atoms with van der Waals surface area (Å²) in [4.78, 5) is 8.03. The molecule has 2 fully saturated rings. The van der Waals surface area contributed by atoms with E-state index in [2.05, 4.69) is 40.1 Å². The molecule has 2 aromatic carbocycles. The minimum absolute atomic E-state index is 0. The van der Waals surface area contributed by atoms with Crippen LogP contribution in [0.15, 0.2) is 97.6 Å². The van der Waals surface area contributed by atoms with Crippen LogP contribution >= 0.6 is 0 Å². The van der Waals surface area contributed by atoms with E-state index in [0.717, 1.165) is 24.0 Å². The third-order valence-electron chi connectivity index (χ3n) is 10.8. The minimum Gasteiger partial charge on any atom is -0.382 e. The highest BCUT2D eigenvalue weighted by Crippen LogP contribution is 2.47. The third kappa shape index (κ3) is 7.81. The summed E-state index contributed by atoms with van der Waals surface area (Å²) in [5.41, 5.74) is 15.1. The van der Waals surface area contributed by atoms with Gasteiger partial charge in [-0.15, -0.1) is 0 Å². The highest BCUT2D eigenvalue weighted by molar-refractivity contribution is 5.66. The van der Waals surface area contributed by atoms with Crippen molar-refractivity contribution in [2.75, 3.05) is 11.5 Å². The van der Waals surface area contributed by atoms with E-state index in [9.17, 15) is 10.4 Å². The highest BCUT2D eigenvalue weighted by Gasteiger charge is 2.57. The van der Waals surface area contributed by atoms with Crippen molar-refractivity contribution in [2.24, 2.45) is 11.8 Å². The summed E-state index contributed by atoms with van der Waals surface area (Å²) in [6.45, 7) is 9.00. The molecule has 302 valence electrons. The van der Waals surface area contributed by atoms with Gasteiger partial charge >= 0.3 is 0 Å². The Hall–Kier alpha value is -5.43. The summed E-state index contributed by atoms with van der Waals surface area (Å²) in [7, 11) is 0. The Labute approximate surface area is 334 Å². The third-order valence-corrected chi connectivity index (χ3v) is 10.8. The van der Waals surface area contributed by atoms with Gasteiger partial charge in [0.15, 0.2) is 11.6 Å². The molecular formula is C43H55N9O5. The first-order valence-corrected chi connectivity index (χ1v) is 18.6. The summed E-state index contributed by atoms with van der Waals surface area (Å²) in [5, 5.41) is 30.4. The number of rotatable bonds is 10. The van der Waals surface area contributed by atoms with Crippen molar-refractivity contribution in [1.29, 1.82) is 5.26 Å². The van der Waals surface area contributed by atoms with Gasteiger partial charge in [0.05, 0.1) is 31.1 Å². The Morgan fingerprint density at radius 3 is 1.67 bits per heavy atom. The molecule has 1 unspecified atom stereocenters. The molecule has 14 heteroatoms. The van der Waals surface area contributed by atoms with Crippen LogP contribution in [0.2, 0.25) is 0 Å². The number of nitriles is 1. The second-order valence-electron chi connectivity index (χ2n) is 14.1. The van der Waals surface area contributed by atoms with Crippen LogP contribution in [-0.4, -0.2) is 58.7 Å². The van der Waals surface area contributed by atoms with Gasteiger partial charge in [0.2, 0.25) is 11.4 Å². The van der Waals surface area contributed by atoms with Crippen LogP contribution in [0, 0.1) is 23.2 Å². The molecule has 8 atom stereocenters. The van der Waals surface area contributed by atoms with Gasteiger partial charge in [-0.3, -0.25) is 0 Å². The lowest BCUT2D eigenvalue weighted by atomic mass is 9.87. The van der Waals surface area contributed by atoms with Crippen LogP contribution in [-0.2, 0) is 43.5 Å². The first-order chi connectivity index (χ1) is 26.6. The van der Waals surface area contributed by atoms with Crippen LogP contribution in [0.1, 0.15) is 77.9 Å². The fraction of sp³-hybridized carbons (Fsp3) is 0.419. The van der Waals surface area contributed by atoms with E-state index < -0.39 is 23.6 Å². The molecular weight excluding hydrogens is 723 g/mol. The Kier molecular flexibility index (Phi) is 13.3. The van der Waals surface area contributed by atoms with E-state index in [-0.39, 0.29) is 38.9 Å². The van der Waals surface area contributed by atoms with Crippen molar-refractivity contribution in [3.63, 3.8) is 0 Å². The van der Waals surface area contributed by atoms with Crippen LogP contribution in [0.4, 0.5) is 11.6 Å². The number of nitrogen functional groups attached to an aromatic ring is 2. The van der Waals surface area contributed by atoms with Crippen molar-refractivity contribution in [1.82, 2.24) is 29.2 Å². The Morgan fingerprint density at radius 2 is 1.16 bits per heavy atom. The van der Waals surface area contributed by atoms with Gasteiger partial charge in [-0.1, -0.05) is 103 Å². The zero-order chi connectivity index (χ0) is 38.7. The average molecular weight is 778 g/mol. The summed E-state index contributed by atoms with van der Waals surface area (Å²) < 4.78 is 28.2. The molecule has 8 rings (SSSR count). The highest BCUT2D eigenvalue weighted by atomic mass is 16.7. The predicted octanol–water partition coefficient (Wildman–Crippen LogP) is 6.82. The summed E-state index contributed by atoms with van der Waals surface area (Å²) in [6, 6.07) is 29.4. The number of aliphatic hydroxyl groups is 1. The molecule has 4 aromatic heterocycles. The quantitative estimate of drug-likeness (QED) is 0.132. The standard InChI is InChI=1S/C21H23N5O2.C20H24N4O3.2CH4/c1-3-17-14(2)19(27-11-15-7-5-4-6-8-15)21(12-22,28-17)18-10-9-16-20(23)24-13-25-26(16)18;1-3-16-13(2)18(26-11-14-7-5-4-6-8-14)20(25,27-16)17-10-9-15-19(21)22-12-23-24(15)17;;/h4-10,13-14,17,19H,3,11H2,1-2H3,(H2,23,24,25);4-10,12-13,16,18,25H,3,11H2,1-2H3,(H2,21,22,23);2*1H4/t14-,17-,19-,21+;13-,16-,18-,20?;;/m11../s1. The van der Waals surface area contributed by atoms with Crippen LogP contribution in [0.5, 0.6) is 0 Å². The van der Waals surface area contributed by atoms with Gasteiger partial charge in [0.25, 0.3) is 0 Å². The van der Waals surface area contributed by atoms with E-state index in [1.165, 1.54) is 12.7 Å². The second kappa shape index (κ2) is 17.8. The van der Waals surface area contributed by atoms with Crippen LogP contribution < -0.4 is 11.5 Å². The monoisotopic (exact) mass is 777 g/mol. The molecule has 2 aliphatic rings. The number of aromatic nitrogens is 6. The smallest absolute Gasteiger partial charge is 0.237 e. The van der Waals surface area contributed by atoms with Gasteiger partial charge in [-0.25, -0.2) is 19.0 Å². The fourth-order valence-corrected chi connectivity index (χ4v) is 7.92. The molecule has 0 bridgehead atoms. The Bertz CT molecular complexity index is 2260. The van der Waals surface area contributed by atoms with Crippen LogP contribution in [0.25, 0.3) is 11.0 Å². The zero-order valence-corrected chi connectivity index (χ0v) is 31.4. The van der Waals surface area contributed by atoms with Gasteiger partial charge < -0.3 is 35.5 Å². The van der Waals surface area contributed by atoms with E-state index in [1.54, 1.807) is 21.2 Å². The number of nitrogens with two attached hydrogens (primary N) is 2. The lowest BCUT2D eigenvalue weighted by molar-refractivity contribution is -0.251. The minimum atomic E-state index is -1.62. The Balaban J connectivity index is 0.000000210. The number of nitrogens with zero attached hydrogens (tertiary/aromatic N) is 7. The molecule has 6 aromatic rings. The molecule has 0 spiro atoms. The maximum absolute atomic E-state index is 11.6. The number of hydrogen-bond donors (Lipinski definition) is 3. The number of hydrogen-bond acceptors (Lipinski definition) is 12. The number of anilines is 2. The first kappa shape index (κ1) is 42.7. The maximum Gasteiger partial charge on any atom is 0.237 e. The van der Waals surface area contributed by atoms with Crippen molar-refractivity contribution in [2.45, 2.75) is 104 Å². The van der Waals surface area contributed by atoms with Crippen molar-refractivity contribution >= 4 is 22.7 Å². The summed E-state index contributed by atoms with van der Waals surface area (Å²) in [6.07, 6.45) is 3.10. The molecule has 6 heterocycles. The molecule has 0 radical (unpaired) electrons. The lowest BCUT2D eigenvalue weighted by Gasteiger charge is -2.29. The van der Waals surface area contributed by atoms with E-state index >= 15 is 0 Å². The molecule has 2 saturated heterocycles. The SMILES string of the molecule is C.C.CC[C@H]1OC(O)(c2ccc3c(N)ncnn23)[C@H](OCc2ccccc2)[C@@H]1C.CC[C@H]1O[C@@](C#N)(c2ccc3c(N)ncnn23)[C@H](OCc2ccccc2)[C@@H]1C. The van der Waals surface area contributed by atoms with Gasteiger partial charge in [0, 0.05) is 11.8 Å². The normalized spacial score (nSPS) is 26.6. The summed E-state index contributed by atoms with van der Waals surface area (Å²) >= 11 is 0. The maximum atomic E-state index is 11.6. The van der Waals surface area contributed by atoms with E-state index in [1.807, 2.05) is 86.6 Å². The van der Waals surface area contributed by atoms with Crippen molar-refractivity contribution in [3.8, 4) is 6.07 Å². The molecule has 2 aliphatic heterocycles. The topological polar surface area (TPSA) is 193 Å². The molecule has 0 amide bonds. The first-order valence-electron chi connectivity index (χ1n) is 18.6. The molecule has 0 aliphatic carbocycles. The van der Waals surface area contributed by atoms with Crippen LogP contribution in [0.3, 0.4) is 0 Å². The number of ether oxygens (including phenoxy) is 4. The zero-order valence-electron chi connectivity index (χ0n) is 31.4. The van der Waals surface area contributed by atoms with Gasteiger partial charge in [0.1, 0.15) is 47.7 Å². The summed E-state index contributed by atoms with van der Waals surface area (Å²) in [5.74, 6) is -0.873. The molecule has 5 N–H and O–H groups in total. The van der Waals surface area contributed by atoms with Crippen molar-refractivity contribution in [3.05, 3.63) is 120 Å². The van der Waals surface area contributed by atoms with E-state index in [0.29, 0.717) is 47.3 Å². The lowest BCUT2D eigenvalue weighted by Crippen LogP contribution is -2.41. The van der Waals surface area contributed by atoms with Gasteiger partial charge in [-0.05, 0) is 48.2 Å². The molecule has 0 saturated carbocycles.